The SMILES string of the molecule is CCN1CCC(N2CCN(c3ccc(Nc4cc5c(C6CCCC6)c(C(=O)N(C)C)sc5cn4)nc3)CC2)CC1. The van der Waals surface area contributed by atoms with E-state index >= 15 is 0 Å². The summed E-state index contributed by atoms with van der Waals surface area (Å²) in [7, 11) is 3.67. The number of hydrogen-bond donors (Lipinski definition) is 1. The summed E-state index contributed by atoms with van der Waals surface area (Å²) in [6.45, 7) is 10.3. The van der Waals surface area contributed by atoms with Gasteiger partial charge in [-0.3, -0.25) is 9.69 Å². The van der Waals surface area contributed by atoms with Crippen molar-refractivity contribution < 1.29 is 4.79 Å². The lowest BCUT2D eigenvalue weighted by Gasteiger charge is -2.43. The molecule has 6 rings (SSSR count). The molecule has 0 spiro atoms. The van der Waals surface area contributed by atoms with E-state index in [2.05, 4.69) is 50.1 Å². The van der Waals surface area contributed by atoms with Crippen LogP contribution >= 0.6 is 11.3 Å². The Hall–Kier alpha value is -2.75. The van der Waals surface area contributed by atoms with Crippen LogP contribution in [0.3, 0.4) is 0 Å². The molecule has 2 aliphatic heterocycles. The van der Waals surface area contributed by atoms with E-state index < -0.39 is 0 Å². The molecule has 3 aliphatic rings. The number of piperidine rings is 1. The first-order valence-corrected chi connectivity index (χ1v) is 15.9. The Morgan fingerprint density at radius 2 is 1.70 bits per heavy atom. The van der Waals surface area contributed by atoms with E-state index in [1.54, 1.807) is 16.2 Å². The number of carbonyl (C=O) groups is 1. The second kappa shape index (κ2) is 12.0. The van der Waals surface area contributed by atoms with Crippen molar-refractivity contribution in [2.24, 2.45) is 0 Å². The zero-order valence-electron chi connectivity index (χ0n) is 24.2. The van der Waals surface area contributed by atoms with Crippen molar-refractivity contribution in [3.63, 3.8) is 0 Å². The van der Waals surface area contributed by atoms with Crippen LogP contribution in [0.2, 0.25) is 0 Å². The Labute approximate surface area is 242 Å². The summed E-state index contributed by atoms with van der Waals surface area (Å²) in [4.78, 5) is 32.8. The van der Waals surface area contributed by atoms with Gasteiger partial charge >= 0.3 is 0 Å². The van der Waals surface area contributed by atoms with Crippen molar-refractivity contribution in [2.45, 2.75) is 57.4 Å². The number of piperazine rings is 1. The van der Waals surface area contributed by atoms with Crippen LogP contribution in [0.25, 0.3) is 10.1 Å². The van der Waals surface area contributed by atoms with E-state index in [9.17, 15) is 4.79 Å². The number of nitrogens with zero attached hydrogens (tertiary/aromatic N) is 6. The van der Waals surface area contributed by atoms with Gasteiger partial charge < -0.3 is 20.0 Å². The molecule has 0 unspecified atom stereocenters. The van der Waals surface area contributed by atoms with Crippen LogP contribution in [0.1, 0.15) is 66.6 Å². The molecule has 0 atom stereocenters. The molecule has 9 heteroatoms. The van der Waals surface area contributed by atoms with Crippen LogP contribution in [-0.2, 0) is 0 Å². The fourth-order valence-corrected chi connectivity index (χ4v) is 8.06. The van der Waals surface area contributed by atoms with Gasteiger partial charge in [0.1, 0.15) is 11.6 Å². The lowest BCUT2D eigenvalue weighted by molar-refractivity contribution is 0.0831. The van der Waals surface area contributed by atoms with Crippen molar-refractivity contribution in [3.05, 3.63) is 41.0 Å². The molecule has 1 N–H and O–H groups in total. The van der Waals surface area contributed by atoms with Crippen LogP contribution in [0.15, 0.2) is 30.6 Å². The van der Waals surface area contributed by atoms with Gasteiger partial charge in [-0.15, -0.1) is 11.3 Å². The molecule has 214 valence electrons. The standard InChI is InChI=1S/C31H43N7OS/c1-4-36-13-11-23(12-14-36)37-15-17-38(18-16-37)24-9-10-27(32-20-24)34-28-19-25-26(21-33-28)40-30(31(39)35(2)3)29(25)22-7-5-6-8-22/h9-10,19-23H,4-8,11-18H2,1-3H3,(H,32,33,34). The van der Waals surface area contributed by atoms with Crippen LogP contribution in [-0.4, -0.2) is 96.5 Å². The highest BCUT2D eigenvalue weighted by molar-refractivity contribution is 7.21. The first-order valence-electron chi connectivity index (χ1n) is 15.1. The number of fused-ring (bicyclic) bond motifs is 1. The van der Waals surface area contributed by atoms with Crippen molar-refractivity contribution in [1.29, 1.82) is 0 Å². The van der Waals surface area contributed by atoms with Gasteiger partial charge in [-0.05, 0) is 75.0 Å². The molecule has 3 aromatic rings. The average molecular weight is 562 g/mol. The minimum atomic E-state index is 0.0950. The molecule has 0 bridgehead atoms. The van der Waals surface area contributed by atoms with Crippen molar-refractivity contribution in [2.75, 3.05) is 70.1 Å². The number of rotatable bonds is 7. The van der Waals surface area contributed by atoms with Gasteiger partial charge in [0, 0.05) is 57.9 Å². The fraction of sp³-hybridized carbons (Fsp3) is 0.581. The third-order valence-electron chi connectivity index (χ3n) is 9.18. The summed E-state index contributed by atoms with van der Waals surface area (Å²) in [6.07, 6.45) is 11.3. The number of amides is 1. The molecular weight excluding hydrogens is 518 g/mol. The Kier molecular flexibility index (Phi) is 8.23. The highest BCUT2D eigenvalue weighted by Gasteiger charge is 2.29. The molecule has 0 aromatic carbocycles. The summed E-state index contributed by atoms with van der Waals surface area (Å²) in [5.74, 6) is 2.11. The lowest BCUT2D eigenvalue weighted by Crippen LogP contribution is -2.53. The molecule has 5 heterocycles. The number of anilines is 3. The zero-order valence-corrected chi connectivity index (χ0v) is 25.1. The zero-order chi connectivity index (χ0) is 27.6. The van der Waals surface area contributed by atoms with Crippen LogP contribution in [0, 0.1) is 0 Å². The quantitative estimate of drug-likeness (QED) is 0.414. The summed E-state index contributed by atoms with van der Waals surface area (Å²) in [5.41, 5.74) is 2.41. The molecule has 8 nitrogen and oxygen atoms in total. The molecule has 1 amide bonds. The van der Waals surface area contributed by atoms with Crippen LogP contribution in [0.4, 0.5) is 17.3 Å². The first kappa shape index (κ1) is 27.4. The van der Waals surface area contributed by atoms with E-state index in [0.29, 0.717) is 5.92 Å². The minimum absolute atomic E-state index is 0.0950. The van der Waals surface area contributed by atoms with E-state index in [4.69, 9.17) is 4.98 Å². The summed E-state index contributed by atoms with van der Waals surface area (Å²) in [6, 6.07) is 7.09. The maximum absolute atomic E-state index is 13.0. The average Bonchev–Trinajstić information content (AvgIpc) is 3.65. The molecular formula is C31H43N7OS. The van der Waals surface area contributed by atoms with Crippen LogP contribution in [0.5, 0.6) is 0 Å². The molecule has 0 radical (unpaired) electrons. The fourth-order valence-electron chi connectivity index (χ4n) is 6.80. The van der Waals surface area contributed by atoms with Crippen molar-refractivity contribution in [3.8, 4) is 0 Å². The summed E-state index contributed by atoms with van der Waals surface area (Å²) < 4.78 is 1.08. The normalized spacial score (nSPS) is 19.9. The Balaban J connectivity index is 1.12. The molecule has 2 saturated heterocycles. The first-order chi connectivity index (χ1) is 19.5. The van der Waals surface area contributed by atoms with Gasteiger partial charge in [-0.1, -0.05) is 19.8 Å². The molecule has 1 aliphatic carbocycles. The van der Waals surface area contributed by atoms with Crippen LogP contribution < -0.4 is 10.2 Å². The second-order valence-electron chi connectivity index (χ2n) is 11.8. The molecule has 40 heavy (non-hydrogen) atoms. The van der Waals surface area contributed by atoms with E-state index in [0.717, 1.165) is 71.7 Å². The maximum Gasteiger partial charge on any atom is 0.263 e. The number of thiophene rings is 1. The molecule has 3 fully saturated rings. The van der Waals surface area contributed by atoms with Gasteiger partial charge in [-0.25, -0.2) is 9.97 Å². The van der Waals surface area contributed by atoms with E-state index in [1.165, 1.54) is 56.6 Å². The predicted octanol–water partition coefficient (Wildman–Crippen LogP) is 5.40. The number of carbonyl (C=O) groups excluding carboxylic acids is 1. The number of aromatic nitrogens is 2. The number of pyridine rings is 2. The monoisotopic (exact) mass is 561 g/mol. The van der Waals surface area contributed by atoms with Crippen molar-refractivity contribution in [1.82, 2.24) is 24.7 Å². The Morgan fingerprint density at radius 3 is 2.35 bits per heavy atom. The number of hydrogen-bond acceptors (Lipinski definition) is 8. The highest BCUT2D eigenvalue weighted by Crippen LogP contribution is 2.44. The number of nitrogens with one attached hydrogen (secondary N) is 1. The second-order valence-corrected chi connectivity index (χ2v) is 12.9. The summed E-state index contributed by atoms with van der Waals surface area (Å²) in [5, 5.41) is 4.58. The summed E-state index contributed by atoms with van der Waals surface area (Å²) >= 11 is 1.58. The smallest absolute Gasteiger partial charge is 0.263 e. The maximum atomic E-state index is 13.0. The molecule has 3 aromatic heterocycles. The predicted molar refractivity (Wildman–Crippen MR) is 165 cm³/mol. The van der Waals surface area contributed by atoms with Crippen molar-refractivity contribution >= 4 is 44.7 Å². The third-order valence-corrected chi connectivity index (χ3v) is 10.3. The Morgan fingerprint density at radius 1 is 0.975 bits per heavy atom. The third kappa shape index (κ3) is 5.69. The topological polar surface area (TPSA) is 67.8 Å². The van der Waals surface area contributed by atoms with Gasteiger partial charge in [0.25, 0.3) is 5.91 Å². The van der Waals surface area contributed by atoms with Gasteiger partial charge in [-0.2, -0.15) is 0 Å². The van der Waals surface area contributed by atoms with Gasteiger partial charge in [0.05, 0.1) is 21.5 Å². The van der Waals surface area contributed by atoms with E-state index in [1.807, 2.05) is 26.5 Å². The Bertz CT molecular complexity index is 1300. The van der Waals surface area contributed by atoms with Gasteiger partial charge in [0.15, 0.2) is 0 Å². The molecule has 1 saturated carbocycles. The largest absolute Gasteiger partial charge is 0.368 e. The van der Waals surface area contributed by atoms with E-state index in [-0.39, 0.29) is 5.91 Å². The minimum Gasteiger partial charge on any atom is -0.368 e. The highest BCUT2D eigenvalue weighted by atomic mass is 32.1. The lowest BCUT2D eigenvalue weighted by atomic mass is 9.94. The number of likely N-dealkylation sites (tertiary alicyclic amines) is 1. The van der Waals surface area contributed by atoms with Gasteiger partial charge in [0.2, 0.25) is 0 Å².